The molecule has 2 aromatic rings. The van der Waals surface area contributed by atoms with E-state index in [-0.39, 0.29) is 0 Å². The summed E-state index contributed by atoms with van der Waals surface area (Å²) >= 11 is 6.07. The molecular formula is C13H17ClN4O2S. The van der Waals surface area contributed by atoms with E-state index in [9.17, 15) is 8.42 Å². The summed E-state index contributed by atoms with van der Waals surface area (Å²) < 4.78 is 26.8. The van der Waals surface area contributed by atoms with Crippen LogP contribution < -0.4 is 10.0 Å². The summed E-state index contributed by atoms with van der Waals surface area (Å²) in [5, 5.41) is 3.57. The number of sulfonamides is 1. The van der Waals surface area contributed by atoms with Gasteiger partial charge in [-0.3, -0.25) is 4.72 Å². The molecular weight excluding hydrogens is 312 g/mol. The first-order valence-corrected chi connectivity index (χ1v) is 8.66. The Kier molecular flexibility index (Phi) is 4.74. The molecule has 2 N–H and O–H groups in total. The molecule has 2 rings (SSSR count). The first-order valence-electron chi connectivity index (χ1n) is 6.39. The summed E-state index contributed by atoms with van der Waals surface area (Å²) in [5.41, 5.74) is 2.23. The molecule has 0 fully saturated rings. The number of nitrogens with one attached hydrogen (secondary N) is 2. The first-order chi connectivity index (χ1) is 9.89. The summed E-state index contributed by atoms with van der Waals surface area (Å²) in [6.45, 7) is 3.52. The minimum absolute atomic E-state index is 0.342. The Bertz CT molecular complexity index is 728. The molecule has 0 aliphatic heterocycles. The highest BCUT2D eigenvalue weighted by Crippen LogP contribution is 2.26. The quantitative estimate of drug-likeness (QED) is 0.854. The number of hydrogen-bond donors (Lipinski definition) is 2. The topological polar surface area (TPSA) is 76.0 Å². The third-order valence-corrected chi connectivity index (χ3v) is 3.78. The number of aromatic nitrogens is 2. The van der Waals surface area contributed by atoms with Crippen LogP contribution in [0.15, 0.2) is 30.7 Å². The highest BCUT2D eigenvalue weighted by atomic mass is 35.5. The third kappa shape index (κ3) is 4.37. The third-order valence-electron chi connectivity index (χ3n) is 2.88. The molecule has 0 saturated carbocycles. The molecule has 0 amide bonds. The van der Waals surface area contributed by atoms with E-state index >= 15 is 0 Å². The number of imidazole rings is 1. The molecule has 1 heterocycles. The Labute approximate surface area is 129 Å². The molecule has 114 valence electrons. The van der Waals surface area contributed by atoms with Crippen molar-refractivity contribution in [3.63, 3.8) is 0 Å². The summed E-state index contributed by atoms with van der Waals surface area (Å²) in [6.07, 6.45) is 4.67. The normalized spacial score (nSPS) is 11.4. The molecule has 1 aromatic heterocycles. The van der Waals surface area contributed by atoms with Gasteiger partial charge >= 0.3 is 0 Å². The molecule has 0 atom stereocenters. The number of halogens is 1. The Hall–Kier alpha value is -1.73. The van der Waals surface area contributed by atoms with Crippen LogP contribution in [0, 0.1) is 0 Å². The maximum absolute atomic E-state index is 11.2. The van der Waals surface area contributed by atoms with Gasteiger partial charge in [0, 0.05) is 18.4 Å². The number of nitrogens with zero attached hydrogens (tertiary/aromatic N) is 2. The zero-order chi connectivity index (χ0) is 15.5. The number of rotatable bonds is 6. The molecule has 0 saturated heterocycles. The van der Waals surface area contributed by atoms with Gasteiger partial charge in [-0.2, -0.15) is 0 Å². The van der Waals surface area contributed by atoms with E-state index in [2.05, 4.69) is 15.0 Å². The Morgan fingerprint density at radius 3 is 2.76 bits per heavy atom. The van der Waals surface area contributed by atoms with Crippen molar-refractivity contribution < 1.29 is 8.42 Å². The van der Waals surface area contributed by atoms with Crippen LogP contribution in [-0.2, 0) is 23.1 Å². The largest absolute Gasteiger partial charge is 0.379 e. The van der Waals surface area contributed by atoms with Gasteiger partial charge in [0.25, 0.3) is 0 Å². The van der Waals surface area contributed by atoms with Gasteiger partial charge < -0.3 is 9.88 Å². The van der Waals surface area contributed by atoms with Crippen LogP contribution in [0.5, 0.6) is 0 Å². The van der Waals surface area contributed by atoms with Gasteiger partial charge in [-0.15, -0.1) is 0 Å². The van der Waals surface area contributed by atoms with Gasteiger partial charge in [-0.05, 0) is 25.1 Å². The lowest BCUT2D eigenvalue weighted by Crippen LogP contribution is -2.10. The second kappa shape index (κ2) is 6.36. The van der Waals surface area contributed by atoms with Crippen molar-refractivity contribution in [2.75, 3.05) is 16.3 Å². The lowest BCUT2D eigenvalue weighted by atomic mass is 10.3. The highest BCUT2D eigenvalue weighted by Gasteiger charge is 2.07. The van der Waals surface area contributed by atoms with Gasteiger partial charge in [-0.25, -0.2) is 13.4 Å². The molecule has 0 bridgehead atoms. The second-order valence-electron chi connectivity index (χ2n) is 4.59. The number of benzene rings is 1. The first kappa shape index (κ1) is 15.7. The SMILES string of the molecule is CCn1cncc1CNc1ccc(NS(C)(=O)=O)c(Cl)c1. The smallest absolute Gasteiger partial charge is 0.229 e. The van der Waals surface area contributed by atoms with Crippen LogP contribution in [0.1, 0.15) is 12.6 Å². The molecule has 8 heteroatoms. The predicted molar refractivity (Wildman–Crippen MR) is 85.1 cm³/mol. The van der Waals surface area contributed by atoms with E-state index in [0.29, 0.717) is 17.3 Å². The Balaban J connectivity index is 2.07. The van der Waals surface area contributed by atoms with E-state index in [1.165, 1.54) is 0 Å². The Morgan fingerprint density at radius 2 is 2.14 bits per heavy atom. The summed E-state index contributed by atoms with van der Waals surface area (Å²) in [4.78, 5) is 4.10. The van der Waals surface area contributed by atoms with Crippen molar-refractivity contribution in [2.24, 2.45) is 0 Å². The van der Waals surface area contributed by atoms with Crippen molar-refractivity contribution in [3.8, 4) is 0 Å². The van der Waals surface area contributed by atoms with E-state index in [0.717, 1.165) is 24.2 Å². The van der Waals surface area contributed by atoms with E-state index in [4.69, 9.17) is 11.6 Å². The zero-order valence-corrected chi connectivity index (χ0v) is 13.4. The molecule has 0 aliphatic rings. The Morgan fingerprint density at radius 1 is 1.38 bits per heavy atom. The fourth-order valence-corrected chi connectivity index (χ4v) is 2.74. The maximum atomic E-state index is 11.2. The van der Waals surface area contributed by atoms with Crippen molar-refractivity contribution in [1.82, 2.24) is 9.55 Å². The summed E-state index contributed by atoms with van der Waals surface area (Å²) in [7, 11) is -3.34. The second-order valence-corrected chi connectivity index (χ2v) is 6.75. The fourth-order valence-electron chi connectivity index (χ4n) is 1.88. The van der Waals surface area contributed by atoms with Crippen LogP contribution in [0.2, 0.25) is 5.02 Å². The number of aryl methyl sites for hydroxylation is 1. The minimum atomic E-state index is -3.34. The lowest BCUT2D eigenvalue weighted by molar-refractivity contribution is 0.607. The van der Waals surface area contributed by atoms with Crippen LogP contribution in [0.3, 0.4) is 0 Å². The van der Waals surface area contributed by atoms with Crippen LogP contribution in [-0.4, -0.2) is 24.2 Å². The minimum Gasteiger partial charge on any atom is -0.379 e. The van der Waals surface area contributed by atoms with Crippen LogP contribution in [0.4, 0.5) is 11.4 Å². The maximum Gasteiger partial charge on any atom is 0.229 e. The summed E-state index contributed by atoms with van der Waals surface area (Å²) in [6, 6.07) is 5.08. The van der Waals surface area contributed by atoms with E-state index in [1.54, 1.807) is 30.7 Å². The standard InChI is InChI=1S/C13H17ClN4O2S/c1-3-18-9-15-7-11(18)8-16-10-4-5-13(12(14)6-10)17-21(2,19)20/h4-7,9,16-17H,3,8H2,1-2H3. The van der Waals surface area contributed by atoms with Crippen molar-refractivity contribution in [3.05, 3.63) is 41.4 Å². The van der Waals surface area contributed by atoms with Crippen molar-refractivity contribution >= 4 is 33.0 Å². The highest BCUT2D eigenvalue weighted by molar-refractivity contribution is 7.92. The lowest BCUT2D eigenvalue weighted by Gasteiger charge is -2.11. The number of hydrogen-bond acceptors (Lipinski definition) is 4. The molecule has 0 radical (unpaired) electrons. The fraction of sp³-hybridized carbons (Fsp3) is 0.308. The van der Waals surface area contributed by atoms with Gasteiger partial charge in [0.1, 0.15) is 0 Å². The van der Waals surface area contributed by atoms with Crippen LogP contribution in [0.25, 0.3) is 0 Å². The van der Waals surface area contributed by atoms with Gasteiger partial charge in [0.15, 0.2) is 0 Å². The molecule has 0 aliphatic carbocycles. The van der Waals surface area contributed by atoms with Crippen molar-refractivity contribution in [1.29, 1.82) is 0 Å². The average molecular weight is 329 g/mol. The monoisotopic (exact) mass is 328 g/mol. The average Bonchev–Trinajstić information content (AvgIpc) is 2.85. The van der Waals surface area contributed by atoms with E-state index in [1.807, 2.05) is 11.5 Å². The predicted octanol–water partition coefficient (Wildman–Crippen LogP) is 2.54. The van der Waals surface area contributed by atoms with Gasteiger partial charge in [0.2, 0.25) is 10.0 Å². The van der Waals surface area contributed by atoms with Crippen LogP contribution >= 0.6 is 11.6 Å². The molecule has 0 spiro atoms. The molecule has 21 heavy (non-hydrogen) atoms. The zero-order valence-electron chi connectivity index (χ0n) is 11.8. The molecule has 1 aromatic carbocycles. The van der Waals surface area contributed by atoms with Gasteiger partial charge in [0.05, 0.1) is 35.5 Å². The van der Waals surface area contributed by atoms with Crippen molar-refractivity contribution in [2.45, 2.75) is 20.0 Å². The number of anilines is 2. The molecule has 6 nitrogen and oxygen atoms in total. The summed E-state index contributed by atoms with van der Waals surface area (Å²) in [5.74, 6) is 0. The van der Waals surface area contributed by atoms with Gasteiger partial charge in [-0.1, -0.05) is 11.6 Å². The molecule has 0 unspecified atom stereocenters. The van der Waals surface area contributed by atoms with E-state index < -0.39 is 10.0 Å².